The Morgan fingerprint density at radius 1 is 0.774 bits per heavy atom. The zero-order chi connectivity index (χ0) is 21.6. The quantitative estimate of drug-likeness (QED) is 0.436. The van der Waals surface area contributed by atoms with Gasteiger partial charge in [-0.25, -0.2) is 0 Å². The number of nitrogens with zero attached hydrogens (tertiary/aromatic N) is 1. The highest BCUT2D eigenvalue weighted by Gasteiger charge is 2.52. The van der Waals surface area contributed by atoms with Crippen molar-refractivity contribution in [2.75, 3.05) is 4.90 Å². The Balaban J connectivity index is 1.99. The number of benzene rings is 3. The monoisotopic (exact) mass is 399 g/mol. The molecule has 5 rings (SSSR count). The van der Waals surface area contributed by atoms with Gasteiger partial charge in [0.2, 0.25) is 0 Å². The third-order valence-electron chi connectivity index (χ3n) is 6.60. The molecule has 0 bridgehead atoms. The van der Waals surface area contributed by atoms with Crippen LogP contribution in [0.15, 0.2) is 145 Å². The van der Waals surface area contributed by atoms with Crippen LogP contribution >= 0.6 is 0 Å². The predicted octanol–water partition coefficient (Wildman–Crippen LogP) is 7.64. The second-order valence-corrected chi connectivity index (χ2v) is 7.99. The molecule has 2 aliphatic rings. The average Bonchev–Trinajstić information content (AvgIpc) is 3.06. The highest BCUT2D eigenvalue weighted by atomic mass is 15.2. The van der Waals surface area contributed by atoms with E-state index < -0.39 is 5.41 Å². The molecular weight excluding hydrogens is 374 g/mol. The van der Waals surface area contributed by atoms with Crippen molar-refractivity contribution in [1.82, 2.24) is 0 Å². The minimum Gasteiger partial charge on any atom is -0.310 e. The molecule has 3 aromatic carbocycles. The number of para-hydroxylation sites is 2. The molecule has 0 radical (unpaired) electrons. The molecule has 0 N–H and O–H groups in total. The number of allylic oxidation sites excluding steroid dienone is 6. The summed E-state index contributed by atoms with van der Waals surface area (Å²) in [6.07, 6.45) is 3.98. The Bertz CT molecular complexity index is 1270. The van der Waals surface area contributed by atoms with E-state index in [2.05, 4.69) is 110 Å². The maximum absolute atomic E-state index is 4.55. The third kappa shape index (κ3) is 2.44. The van der Waals surface area contributed by atoms with E-state index in [9.17, 15) is 0 Å². The minimum absolute atomic E-state index is 0.463. The molecule has 0 saturated carbocycles. The maximum atomic E-state index is 4.55. The van der Waals surface area contributed by atoms with Crippen LogP contribution < -0.4 is 4.90 Å². The number of hydrogen-bond donors (Lipinski definition) is 0. The van der Waals surface area contributed by atoms with Gasteiger partial charge in [0.25, 0.3) is 0 Å². The summed E-state index contributed by atoms with van der Waals surface area (Å²) in [4.78, 5) is 2.31. The van der Waals surface area contributed by atoms with Gasteiger partial charge in [0.1, 0.15) is 0 Å². The Labute approximate surface area is 184 Å². The van der Waals surface area contributed by atoms with Crippen molar-refractivity contribution in [1.29, 1.82) is 0 Å². The molecule has 150 valence electrons. The van der Waals surface area contributed by atoms with Gasteiger partial charge in [-0.2, -0.15) is 0 Å². The predicted molar refractivity (Wildman–Crippen MR) is 132 cm³/mol. The van der Waals surface area contributed by atoms with E-state index in [1.165, 1.54) is 27.8 Å². The molecule has 0 amide bonds. The first kappa shape index (κ1) is 19.1. The summed E-state index contributed by atoms with van der Waals surface area (Å²) in [6, 6.07) is 29.9. The summed E-state index contributed by atoms with van der Waals surface area (Å²) in [7, 11) is 0. The van der Waals surface area contributed by atoms with Crippen molar-refractivity contribution >= 4 is 11.4 Å². The van der Waals surface area contributed by atoms with Crippen molar-refractivity contribution in [3.63, 3.8) is 0 Å². The van der Waals surface area contributed by atoms with E-state index in [0.29, 0.717) is 0 Å². The van der Waals surface area contributed by atoms with Crippen molar-refractivity contribution in [3.05, 3.63) is 156 Å². The van der Waals surface area contributed by atoms with Crippen LogP contribution in [0, 0.1) is 0 Å². The Morgan fingerprint density at radius 3 is 2.03 bits per heavy atom. The number of fused-ring (bicyclic) bond motifs is 3. The van der Waals surface area contributed by atoms with Crippen LogP contribution in [0.2, 0.25) is 0 Å². The van der Waals surface area contributed by atoms with E-state index in [1.54, 1.807) is 0 Å². The normalized spacial score (nSPS) is 19.9. The van der Waals surface area contributed by atoms with Gasteiger partial charge >= 0.3 is 0 Å². The number of rotatable bonds is 4. The lowest BCUT2D eigenvalue weighted by Gasteiger charge is -2.45. The zero-order valence-corrected chi connectivity index (χ0v) is 17.8. The average molecular weight is 400 g/mol. The summed E-state index contributed by atoms with van der Waals surface area (Å²) >= 11 is 0. The van der Waals surface area contributed by atoms with E-state index in [1.807, 2.05) is 18.2 Å². The van der Waals surface area contributed by atoms with Gasteiger partial charge in [0.15, 0.2) is 0 Å². The van der Waals surface area contributed by atoms with Crippen molar-refractivity contribution in [2.24, 2.45) is 0 Å². The first-order chi connectivity index (χ1) is 15.2. The van der Waals surface area contributed by atoms with Gasteiger partial charge in [0, 0.05) is 11.3 Å². The first-order valence-corrected chi connectivity index (χ1v) is 10.6. The van der Waals surface area contributed by atoms with E-state index in [4.69, 9.17) is 0 Å². The molecule has 1 nitrogen and oxygen atoms in total. The Kier molecular flexibility index (Phi) is 4.41. The van der Waals surface area contributed by atoms with Gasteiger partial charge in [0.05, 0.1) is 16.8 Å². The molecule has 1 unspecified atom stereocenters. The van der Waals surface area contributed by atoms with Crippen molar-refractivity contribution in [2.45, 2.75) is 12.3 Å². The molecule has 0 saturated heterocycles. The maximum Gasteiger partial charge on any atom is 0.0750 e. The summed E-state index contributed by atoms with van der Waals surface area (Å²) in [5.41, 5.74) is 9.92. The van der Waals surface area contributed by atoms with Crippen LogP contribution in [0.4, 0.5) is 11.4 Å². The smallest absolute Gasteiger partial charge is 0.0750 e. The molecule has 0 fully saturated rings. The van der Waals surface area contributed by atoms with Crippen molar-refractivity contribution < 1.29 is 0 Å². The second-order valence-electron chi connectivity index (χ2n) is 7.99. The molecule has 1 aliphatic carbocycles. The largest absolute Gasteiger partial charge is 0.310 e. The minimum atomic E-state index is -0.463. The van der Waals surface area contributed by atoms with Crippen molar-refractivity contribution in [3.8, 4) is 0 Å². The molecule has 1 aliphatic heterocycles. The molecule has 1 atom stereocenters. The summed E-state index contributed by atoms with van der Waals surface area (Å²) in [5, 5.41) is 0. The zero-order valence-electron chi connectivity index (χ0n) is 17.8. The molecule has 31 heavy (non-hydrogen) atoms. The fourth-order valence-electron chi connectivity index (χ4n) is 5.34. The SMILES string of the molecule is C=CC1=C2C(=C)C(C)=C(C=C)C2(c2ccccc2)c2ccccc2N1c1ccccc1. The fourth-order valence-corrected chi connectivity index (χ4v) is 5.34. The topological polar surface area (TPSA) is 3.24 Å². The molecule has 1 heteroatoms. The molecular formula is C30H25N. The number of anilines is 2. The summed E-state index contributed by atoms with van der Waals surface area (Å²) in [6.45, 7) is 15.2. The lowest BCUT2D eigenvalue weighted by atomic mass is 9.63. The van der Waals surface area contributed by atoms with Crippen LogP contribution in [0.5, 0.6) is 0 Å². The van der Waals surface area contributed by atoms with Crippen LogP contribution in [-0.4, -0.2) is 0 Å². The van der Waals surface area contributed by atoms with Crippen LogP contribution in [0.25, 0.3) is 0 Å². The van der Waals surface area contributed by atoms with E-state index in [0.717, 1.165) is 22.6 Å². The molecule has 1 heterocycles. The van der Waals surface area contributed by atoms with E-state index >= 15 is 0 Å². The fraction of sp³-hybridized carbons (Fsp3) is 0.0667. The molecule has 0 aromatic heterocycles. The standard InChI is InChI=1S/C30H25N/c1-5-25-21(3)22(4)29-27(6-2)31(24-17-11-8-12-18-24)28-20-14-13-19-26(28)30(25,29)23-15-9-7-10-16-23/h5-20H,1-2,4H2,3H3. The van der Waals surface area contributed by atoms with Crippen LogP contribution in [-0.2, 0) is 5.41 Å². The third-order valence-corrected chi connectivity index (χ3v) is 6.60. The molecule has 3 aromatic rings. The Hall–Kier alpha value is -3.84. The van der Waals surface area contributed by atoms with Gasteiger partial charge < -0.3 is 4.90 Å². The van der Waals surface area contributed by atoms with Crippen LogP contribution in [0.3, 0.4) is 0 Å². The second kappa shape index (κ2) is 7.14. The lowest BCUT2D eigenvalue weighted by molar-refractivity contribution is 0.731. The number of hydrogen-bond acceptors (Lipinski definition) is 1. The highest BCUT2D eigenvalue weighted by molar-refractivity contribution is 5.88. The highest BCUT2D eigenvalue weighted by Crippen LogP contribution is 2.62. The summed E-state index contributed by atoms with van der Waals surface area (Å²) in [5.74, 6) is 0. The lowest BCUT2D eigenvalue weighted by Crippen LogP contribution is -2.38. The first-order valence-electron chi connectivity index (χ1n) is 10.6. The van der Waals surface area contributed by atoms with Gasteiger partial charge in [-0.05, 0) is 59.0 Å². The Morgan fingerprint density at radius 2 is 1.39 bits per heavy atom. The van der Waals surface area contributed by atoms with Gasteiger partial charge in [-0.15, -0.1) is 0 Å². The molecule has 0 spiro atoms. The van der Waals surface area contributed by atoms with Gasteiger partial charge in [-0.1, -0.05) is 92.5 Å². The van der Waals surface area contributed by atoms with Crippen LogP contribution in [0.1, 0.15) is 18.1 Å². The summed E-state index contributed by atoms with van der Waals surface area (Å²) < 4.78 is 0. The van der Waals surface area contributed by atoms with Gasteiger partial charge in [-0.3, -0.25) is 0 Å². The van der Waals surface area contributed by atoms with E-state index in [-0.39, 0.29) is 0 Å².